The standard InChI is InChI=1S/C32H33FN2O3/c1-3-35(4-2)18-19-37-31-17-16-28(22-30(31)33)34-32(36)27-14-8-12-25(20-27)26-13-9-15-29(21-26)38-23-24-10-6-5-7-11-24/h5-17,20-22H,3-4,18-19,23H2,1-2H3,(H,34,36). The smallest absolute Gasteiger partial charge is 0.255 e. The summed E-state index contributed by atoms with van der Waals surface area (Å²) in [6.45, 7) is 7.60. The summed E-state index contributed by atoms with van der Waals surface area (Å²) < 4.78 is 26.1. The molecule has 4 aromatic rings. The molecule has 0 bridgehead atoms. The van der Waals surface area contributed by atoms with Gasteiger partial charge in [-0.3, -0.25) is 4.79 Å². The third-order valence-corrected chi connectivity index (χ3v) is 6.29. The Morgan fingerprint density at radius 3 is 2.29 bits per heavy atom. The Hall–Kier alpha value is -4.16. The fourth-order valence-corrected chi connectivity index (χ4v) is 4.07. The number of hydrogen-bond donors (Lipinski definition) is 1. The Balaban J connectivity index is 1.39. The summed E-state index contributed by atoms with van der Waals surface area (Å²) in [6.07, 6.45) is 0. The lowest BCUT2D eigenvalue weighted by Crippen LogP contribution is -2.28. The molecule has 5 nitrogen and oxygen atoms in total. The molecule has 0 unspecified atom stereocenters. The Morgan fingerprint density at radius 1 is 0.816 bits per heavy atom. The largest absolute Gasteiger partial charge is 0.489 e. The van der Waals surface area contributed by atoms with Crippen LogP contribution in [0, 0.1) is 5.82 Å². The van der Waals surface area contributed by atoms with E-state index in [0.717, 1.165) is 42.1 Å². The van der Waals surface area contributed by atoms with Crippen molar-refractivity contribution in [3.8, 4) is 22.6 Å². The highest BCUT2D eigenvalue weighted by Crippen LogP contribution is 2.26. The van der Waals surface area contributed by atoms with Gasteiger partial charge in [-0.2, -0.15) is 0 Å². The lowest BCUT2D eigenvalue weighted by atomic mass is 10.0. The summed E-state index contributed by atoms with van der Waals surface area (Å²) in [7, 11) is 0. The molecule has 0 saturated heterocycles. The number of nitrogens with one attached hydrogen (secondary N) is 1. The van der Waals surface area contributed by atoms with Crippen LogP contribution >= 0.6 is 0 Å². The van der Waals surface area contributed by atoms with Crippen molar-refractivity contribution < 1.29 is 18.7 Å². The van der Waals surface area contributed by atoms with Crippen LogP contribution in [0.4, 0.5) is 10.1 Å². The van der Waals surface area contributed by atoms with Gasteiger partial charge in [0, 0.05) is 23.9 Å². The summed E-state index contributed by atoms with van der Waals surface area (Å²) in [5, 5.41) is 2.78. The van der Waals surface area contributed by atoms with Gasteiger partial charge in [0.15, 0.2) is 11.6 Å². The zero-order valence-electron chi connectivity index (χ0n) is 21.8. The van der Waals surface area contributed by atoms with Gasteiger partial charge in [0.1, 0.15) is 19.0 Å². The van der Waals surface area contributed by atoms with Gasteiger partial charge in [-0.1, -0.05) is 68.4 Å². The van der Waals surface area contributed by atoms with Crippen LogP contribution in [0.1, 0.15) is 29.8 Å². The molecule has 0 aromatic heterocycles. The van der Waals surface area contributed by atoms with Crippen LogP contribution in [0.5, 0.6) is 11.5 Å². The molecule has 1 N–H and O–H groups in total. The zero-order valence-corrected chi connectivity index (χ0v) is 21.8. The summed E-state index contributed by atoms with van der Waals surface area (Å²) in [5.74, 6) is 0.0870. The normalized spacial score (nSPS) is 10.8. The molecule has 0 saturated carbocycles. The highest BCUT2D eigenvalue weighted by Gasteiger charge is 2.11. The first-order valence-corrected chi connectivity index (χ1v) is 12.9. The monoisotopic (exact) mass is 512 g/mol. The van der Waals surface area contributed by atoms with Crippen LogP contribution in [0.3, 0.4) is 0 Å². The first-order valence-electron chi connectivity index (χ1n) is 12.9. The Bertz CT molecular complexity index is 1340. The van der Waals surface area contributed by atoms with Gasteiger partial charge in [0.05, 0.1) is 0 Å². The number of hydrogen-bond acceptors (Lipinski definition) is 4. The second-order valence-electron chi connectivity index (χ2n) is 8.86. The van der Waals surface area contributed by atoms with Crippen molar-refractivity contribution in [1.82, 2.24) is 4.90 Å². The highest BCUT2D eigenvalue weighted by atomic mass is 19.1. The maximum Gasteiger partial charge on any atom is 0.255 e. The molecule has 0 aliphatic carbocycles. The molecule has 38 heavy (non-hydrogen) atoms. The minimum atomic E-state index is -0.511. The van der Waals surface area contributed by atoms with Crippen molar-refractivity contribution >= 4 is 11.6 Å². The van der Waals surface area contributed by atoms with Gasteiger partial charge in [-0.15, -0.1) is 0 Å². The predicted molar refractivity (Wildman–Crippen MR) is 150 cm³/mol. The lowest BCUT2D eigenvalue weighted by Gasteiger charge is -2.18. The van der Waals surface area contributed by atoms with Crippen molar-refractivity contribution in [1.29, 1.82) is 0 Å². The second-order valence-corrected chi connectivity index (χ2v) is 8.86. The first-order chi connectivity index (χ1) is 18.6. The highest BCUT2D eigenvalue weighted by molar-refractivity contribution is 6.05. The van der Waals surface area contributed by atoms with Gasteiger partial charge >= 0.3 is 0 Å². The molecule has 0 spiro atoms. The van der Waals surface area contributed by atoms with Crippen LogP contribution in [-0.4, -0.2) is 37.0 Å². The zero-order chi connectivity index (χ0) is 26.7. The number of amides is 1. The van der Waals surface area contributed by atoms with Gasteiger partial charge < -0.3 is 19.7 Å². The quantitative estimate of drug-likeness (QED) is 0.221. The number of ether oxygens (including phenoxy) is 2. The SMILES string of the molecule is CCN(CC)CCOc1ccc(NC(=O)c2cccc(-c3cccc(OCc4ccccc4)c3)c2)cc1F. The molecule has 0 aliphatic heterocycles. The van der Waals surface area contributed by atoms with E-state index in [1.807, 2.05) is 72.8 Å². The second kappa shape index (κ2) is 13.4. The van der Waals surface area contributed by atoms with E-state index in [1.165, 1.54) is 6.07 Å². The van der Waals surface area contributed by atoms with E-state index in [9.17, 15) is 9.18 Å². The molecule has 1 amide bonds. The molecule has 6 heteroatoms. The molecule has 0 atom stereocenters. The number of nitrogens with zero attached hydrogens (tertiary/aromatic N) is 1. The van der Waals surface area contributed by atoms with E-state index in [2.05, 4.69) is 24.1 Å². The fourth-order valence-electron chi connectivity index (χ4n) is 4.07. The first kappa shape index (κ1) is 26.9. The predicted octanol–water partition coefficient (Wildman–Crippen LogP) is 7.04. The lowest BCUT2D eigenvalue weighted by molar-refractivity contribution is 0.102. The molecular weight excluding hydrogens is 479 g/mol. The molecule has 0 heterocycles. The summed E-state index contributed by atoms with van der Waals surface area (Å²) >= 11 is 0. The van der Waals surface area contributed by atoms with E-state index in [4.69, 9.17) is 9.47 Å². The number of likely N-dealkylation sites (N-methyl/N-ethyl adjacent to an activating group) is 1. The van der Waals surface area contributed by atoms with E-state index in [0.29, 0.717) is 24.5 Å². The van der Waals surface area contributed by atoms with Gasteiger partial charge in [-0.05, 0) is 66.2 Å². The van der Waals surface area contributed by atoms with Gasteiger partial charge in [0.2, 0.25) is 0 Å². The minimum absolute atomic E-state index is 0.173. The molecule has 196 valence electrons. The molecule has 4 aromatic carbocycles. The Morgan fingerprint density at radius 2 is 1.55 bits per heavy atom. The van der Waals surface area contributed by atoms with E-state index in [1.54, 1.807) is 18.2 Å². The summed E-state index contributed by atoms with van der Waals surface area (Å²) in [6, 6.07) is 29.5. The number of anilines is 1. The van der Waals surface area contributed by atoms with Crippen molar-refractivity contribution in [3.05, 3.63) is 114 Å². The van der Waals surface area contributed by atoms with Gasteiger partial charge in [-0.25, -0.2) is 4.39 Å². The minimum Gasteiger partial charge on any atom is -0.489 e. The third kappa shape index (κ3) is 7.43. The third-order valence-electron chi connectivity index (χ3n) is 6.29. The fraction of sp³-hybridized carbons (Fsp3) is 0.219. The van der Waals surface area contributed by atoms with E-state index < -0.39 is 5.82 Å². The van der Waals surface area contributed by atoms with Crippen LogP contribution in [-0.2, 0) is 6.61 Å². The topological polar surface area (TPSA) is 50.8 Å². The van der Waals surface area contributed by atoms with Crippen molar-refractivity contribution in [2.45, 2.75) is 20.5 Å². The van der Waals surface area contributed by atoms with Crippen molar-refractivity contribution in [2.75, 3.05) is 31.6 Å². The Kier molecular flexibility index (Phi) is 9.48. The number of carbonyl (C=O) groups excluding carboxylic acids is 1. The van der Waals surface area contributed by atoms with E-state index >= 15 is 0 Å². The summed E-state index contributed by atoms with van der Waals surface area (Å²) in [4.78, 5) is 15.1. The Labute approximate surface area is 223 Å². The van der Waals surface area contributed by atoms with Gasteiger partial charge in [0.25, 0.3) is 5.91 Å². The number of carbonyl (C=O) groups is 1. The van der Waals surface area contributed by atoms with Crippen LogP contribution < -0.4 is 14.8 Å². The van der Waals surface area contributed by atoms with Crippen molar-refractivity contribution in [2.24, 2.45) is 0 Å². The maximum atomic E-state index is 14.6. The molecule has 4 rings (SSSR count). The average Bonchev–Trinajstić information content (AvgIpc) is 2.96. The number of benzene rings is 4. The van der Waals surface area contributed by atoms with Crippen LogP contribution in [0.2, 0.25) is 0 Å². The maximum absolute atomic E-state index is 14.6. The molecule has 0 radical (unpaired) electrons. The molecule has 0 aliphatic rings. The molecule has 0 fully saturated rings. The van der Waals surface area contributed by atoms with Crippen LogP contribution in [0.15, 0.2) is 97.1 Å². The van der Waals surface area contributed by atoms with E-state index in [-0.39, 0.29) is 11.7 Å². The van der Waals surface area contributed by atoms with Crippen LogP contribution in [0.25, 0.3) is 11.1 Å². The number of halogens is 1. The van der Waals surface area contributed by atoms with Crippen molar-refractivity contribution in [3.63, 3.8) is 0 Å². The summed E-state index contributed by atoms with van der Waals surface area (Å²) in [5.41, 5.74) is 3.74. The molecular formula is C32H33FN2O3. The number of rotatable bonds is 12. The average molecular weight is 513 g/mol.